The summed E-state index contributed by atoms with van der Waals surface area (Å²) >= 11 is 0. The molecule has 0 aromatic heterocycles. The largest absolute Gasteiger partial charge is 0.352 e. The van der Waals surface area contributed by atoms with Crippen LogP contribution in [-0.2, 0) is 9.47 Å². The third kappa shape index (κ3) is 4.48. The van der Waals surface area contributed by atoms with Crippen LogP contribution in [0.15, 0.2) is 30.9 Å². The van der Waals surface area contributed by atoms with Crippen molar-refractivity contribution in [3.8, 4) is 6.07 Å². The zero-order valence-corrected chi connectivity index (χ0v) is 14.6. The van der Waals surface area contributed by atoms with E-state index in [0.29, 0.717) is 17.8 Å². The molecule has 0 amide bonds. The van der Waals surface area contributed by atoms with Crippen molar-refractivity contribution in [1.29, 1.82) is 5.26 Å². The van der Waals surface area contributed by atoms with Crippen LogP contribution in [0.3, 0.4) is 0 Å². The van der Waals surface area contributed by atoms with E-state index in [1.54, 1.807) is 6.07 Å². The molecule has 2 aliphatic rings. The number of rotatable bonds is 5. The molecular formula is C21H26FNO2. The van der Waals surface area contributed by atoms with E-state index < -0.39 is 5.82 Å². The summed E-state index contributed by atoms with van der Waals surface area (Å²) < 4.78 is 25.8. The van der Waals surface area contributed by atoms with Crippen molar-refractivity contribution in [1.82, 2.24) is 0 Å². The predicted molar refractivity (Wildman–Crippen MR) is 94.4 cm³/mol. The van der Waals surface area contributed by atoms with E-state index in [1.807, 2.05) is 18.2 Å². The lowest BCUT2D eigenvalue weighted by atomic mass is 9.78. The standard InChI is InChI=1S/C21H26FNO2/c1-2-3-4-15-13-24-21(25-14-15)17-7-5-16(6-8-17)18-9-10-19(12-23)20(22)11-18/h2,9-11,15-17,21H,1,3-8,13-14H2/t15-,16?,17?,21-. The van der Waals surface area contributed by atoms with E-state index in [9.17, 15) is 4.39 Å². The summed E-state index contributed by atoms with van der Waals surface area (Å²) in [5, 5.41) is 8.84. The number of allylic oxidation sites excluding steroid dienone is 1. The first-order chi connectivity index (χ1) is 12.2. The molecule has 25 heavy (non-hydrogen) atoms. The van der Waals surface area contributed by atoms with Crippen LogP contribution in [0, 0.1) is 29.0 Å². The summed E-state index contributed by atoms with van der Waals surface area (Å²) in [6.07, 6.45) is 8.04. The van der Waals surface area contributed by atoms with Gasteiger partial charge in [-0.1, -0.05) is 12.1 Å². The van der Waals surface area contributed by atoms with Gasteiger partial charge in [-0.25, -0.2) is 4.39 Å². The van der Waals surface area contributed by atoms with Crippen LogP contribution in [0.2, 0.25) is 0 Å². The molecule has 0 spiro atoms. The van der Waals surface area contributed by atoms with E-state index >= 15 is 0 Å². The number of halogens is 1. The molecule has 0 N–H and O–H groups in total. The van der Waals surface area contributed by atoms with Gasteiger partial charge in [0.05, 0.1) is 18.8 Å². The summed E-state index contributed by atoms with van der Waals surface area (Å²) in [4.78, 5) is 0. The zero-order chi connectivity index (χ0) is 17.6. The van der Waals surface area contributed by atoms with Gasteiger partial charge in [0.1, 0.15) is 11.9 Å². The molecule has 3 rings (SSSR count). The first-order valence-electron chi connectivity index (χ1n) is 9.25. The molecule has 1 aromatic carbocycles. The Morgan fingerprint density at radius 2 is 1.92 bits per heavy atom. The Bertz CT molecular complexity index is 623. The fourth-order valence-electron chi connectivity index (χ4n) is 3.95. The summed E-state index contributed by atoms with van der Waals surface area (Å²) in [7, 11) is 0. The smallest absolute Gasteiger partial charge is 0.160 e. The number of hydrogen-bond acceptors (Lipinski definition) is 3. The van der Waals surface area contributed by atoms with Gasteiger partial charge in [0.25, 0.3) is 0 Å². The van der Waals surface area contributed by atoms with Crippen molar-refractivity contribution in [2.24, 2.45) is 11.8 Å². The molecule has 1 aliphatic heterocycles. The number of nitriles is 1. The maximum atomic E-state index is 13.8. The minimum Gasteiger partial charge on any atom is -0.352 e. The lowest BCUT2D eigenvalue weighted by Crippen LogP contribution is -2.38. The monoisotopic (exact) mass is 343 g/mol. The van der Waals surface area contributed by atoms with Gasteiger partial charge in [-0.15, -0.1) is 6.58 Å². The quantitative estimate of drug-likeness (QED) is 0.712. The van der Waals surface area contributed by atoms with Gasteiger partial charge in [-0.2, -0.15) is 5.26 Å². The van der Waals surface area contributed by atoms with Crippen molar-refractivity contribution in [3.05, 3.63) is 47.8 Å². The van der Waals surface area contributed by atoms with Gasteiger partial charge in [0.2, 0.25) is 0 Å². The molecule has 1 aliphatic carbocycles. The van der Waals surface area contributed by atoms with Crippen molar-refractivity contribution in [2.75, 3.05) is 13.2 Å². The predicted octanol–water partition coefficient (Wildman–Crippen LogP) is 4.93. The highest BCUT2D eigenvalue weighted by Crippen LogP contribution is 2.39. The van der Waals surface area contributed by atoms with Gasteiger partial charge in [0.15, 0.2) is 6.29 Å². The molecule has 0 unspecified atom stereocenters. The zero-order valence-electron chi connectivity index (χ0n) is 14.6. The van der Waals surface area contributed by atoms with Crippen LogP contribution in [0.25, 0.3) is 0 Å². The van der Waals surface area contributed by atoms with Crippen molar-refractivity contribution in [2.45, 2.75) is 50.7 Å². The Balaban J connectivity index is 1.48. The summed E-state index contributed by atoms with van der Waals surface area (Å²) in [5.41, 5.74) is 1.12. The van der Waals surface area contributed by atoms with Crippen LogP contribution in [0.4, 0.5) is 4.39 Å². The van der Waals surface area contributed by atoms with Crippen LogP contribution < -0.4 is 0 Å². The summed E-state index contributed by atoms with van der Waals surface area (Å²) in [6.45, 7) is 5.31. The van der Waals surface area contributed by atoms with Gasteiger partial charge in [-0.3, -0.25) is 0 Å². The van der Waals surface area contributed by atoms with Crippen LogP contribution >= 0.6 is 0 Å². The maximum Gasteiger partial charge on any atom is 0.160 e. The minimum atomic E-state index is -0.411. The van der Waals surface area contributed by atoms with Crippen LogP contribution in [0.5, 0.6) is 0 Å². The molecule has 2 fully saturated rings. The van der Waals surface area contributed by atoms with Gasteiger partial charge in [0, 0.05) is 11.8 Å². The Morgan fingerprint density at radius 3 is 2.52 bits per heavy atom. The Hall–Kier alpha value is -1.70. The second-order valence-electron chi connectivity index (χ2n) is 7.23. The first-order valence-corrected chi connectivity index (χ1v) is 9.25. The van der Waals surface area contributed by atoms with Crippen molar-refractivity contribution < 1.29 is 13.9 Å². The third-order valence-electron chi connectivity index (χ3n) is 5.51. The molecule has 1 saturated heterocycles. The molecule has 1 heterocycles. The Morgan fingerprint density at radius 1 is 1.20 bits per heavy atom. The SMILES string of the molecule is C=CCC[C@H]1CO[C@H](C2CCC(c3ccc(C#N)c(F)c3)CC2)OC1. The first kappa shape index (κ1) is 18.1. The maximum absolute atomic E-state index is 13.8. The molecule has 0 bridgehead atoms. The molecule has 0 radical (unpaired) electrons. The van der Waals surface area contributed by atoms with Gasteiger partial charge < -0.3 is 9.47 Å². The molecule has 1 aromatic rings. The summed E-state index contributed by atoms with van der Waals surface area (Å²) in [6, 6.07) is 6.89. The summed E-state index contributed by atoms with van der Waals surface area (Å²) in [5.74, 6) is 0.862. The molecular weight excluding hydrogens is 317 g/mol. The Kier molecular flexibility index (Phi) is 6.23. The lowest BCUT2D eigenvalue weighted by Gasteiger charge is -2.37. The van der Waals surface area contributed by atoms with E-state index in [0.717, 1.165) is 57.3 Å². The van der Waals surface area contributed by atoms with Crippen LogP contribution in [0.1, 0.15) is 55.6 Å². The van der Waals surface area contributed by atoms with E-state index in [4.69, 9.17) is 14.7 Å². The molecule has 3 nitrogen and oxygen atoms in total. The Labute approximate surface area is 149 Å². The molecule has 134 valence electrons. The van der Waals surface area contributed by atoms with Crippen molar-refractivity contribution >= 4 is 0 Å². The normalized spacial score (nSPS) is 29.8. The average molecular weight is 343 g/mol. The topological polar surface area (TPSA) is 42.2 Å². The molecule has 4 heteroatoms. The number of benzene rings is 1. The minimum absolute atomic E-state index is 0.0846. The van der Waals surface area contributed by atoms with E-state index in [-0.39, 0.29) is 11.9 Å². The lowest BCUT2D eigenvalue weighted by molar-refractivity contribution is -0.229. The van der Waals surface area contributed by atoms with Crippen molar-refractivity contribution in [3.63, 3.8) is 0 Å². The third-order valence-corrected chi connectivity index (χ3v) is 5.51. The van der Waals surface area contributed by atoms with Gasteiger partial charge in [-0.05, 0) is 62.1 Å². The fraction of sp³-hybridized carbons (Fsp3) is 0.571. The van der Waals surface area contributed by atoms with Crippen LogP contribution in [-0.4, -0.2) is 19.5 Å². The fourth-order valence-corrected chi connectivity index (χ4v) is 3.95. The number of nitrogens with zero attached hydrogens (tertiary/aromatic N) is 1. The number of ether oxygens (including phenoxy) is 2. The second kappa shape index (κ2) is 8.60. The van der Waals surface area contributed by atoms with Gasteiger partial charge >= 0.3 is 0 Å². The molecule has 0 atom stereocenters. The van der Waals surface area contributed by atoms with E-state index in [2.05, 4.69) is 6.58 Å². The average Bonchev–Trinajstić information content (AvgIpc) is 2.67. The highest BCUT2D eigenvalue weighted by molar-refractivity contribution is 5.34. The highest BCUT2D eigenvalue weighted by atomic mass is 19.1. The number of hydrogen-bond donors (Lipinski definition) is 0. The van der Waals surface area contributed by atoms with E-state index in [1.165, 1.54) is 6.07 Å². The molecule has 1 saturated carbocycles. The second-order valence-corrected chi connectivity index (χ2v) is 7.23. The highest BCUT2D eigenvalue weighted by Gasteiger charge is 2.32.